The van der Waals surface area contributed by atoms with Crippen LogP contribution in [0.3, 0.4) is 0 Å². The lowest BCUT2D eigenvalue weighted by atomic mass is 10.1. The average Bonchev–Trinajstić information content (AvgIpc) is 2.95. The van der Waals surface area contributed by atoms with Gasteiger partial charge in [0.15, 0.2) is 0 Å². The summed E-state index contributed by atoms with van der Waals surface area (Å²) in [5.41, 5.74) is 9.09. The van der Waals surface area contributed by atoms with Gasteiger partial charge in [0.2, 0.25) is 5.91 Å². The molecule has 1 N–H and O–H groups in total. The number of aryl methyl sites for hydroxylation is 4. The summed E-state index contributed by atoms with van der Waals surface area (Å²) < 4.78 is 0. The zero-order valence-electron chi connectivity index (χ0n) is 19.2. The summed E-state index contributed by atoms with van der Waals surface area (Å²) in [4.78, 5) is 22.5. The van der Waals surface area contributed by atoms with Crippen LogP contribution >= 0.6 is 23.4 Å². The summed E-state index contributed by atoms with van der Waals surface area (Å²) in [5.74, 6) is 0.223. The van der Waals surface area contributed by atoms with Crippen LogP contribution in [0, 0.1) is 27.7 Å². The van der Waals surface area contributed by atoms with Crippen molar-refractivity contribution in [1.29, 1.82) is 0 Å². The van der Waals surface area contributed by atoms with E-state index in [9.17, 15) is 4.79 Å². The van der Waals surface area contributed by atoms with Crippen molar-refractivity contribution in [2.24, 2.45) is 9.98 Å². The van der Waals surface area contributed by atoms with Gasteiger partial charge in [-0.05, 0) is 91.9 Å². The number of carbonyl (C=O) groups is 1. The molecule has 168 valence electrons. The Balaban J connectivity index is 1.57. The number of fused-ring (bicyclic) bond motifs is 1. The molecule has 3 aromatic rings. The van der Waals surface area contributed by atoms with Gasteiger partial charge in [-0.15, -0.1) is 11.8 Å². The van der Waals surface area contributed by atoms with E-state index >= 15 is 0 Å². The molecule has 1 amide bonds. The van der Waals surface area contributed by atoms with Crippen LogP contribution in [0.5, 0.6) is 0 Å². The highest BCUT2D eigenvalue weighted by atomic mass is 35.5. The molecule has 0 spiro atoms. The van der Waals surface area contributed by atoms with Gasteiger partial charge in [0, 0.05) is 17.1 Å². The SMILES string of the molecule is Cc1ccc(NC(=O)CSC2=Nc3cc(C)c(C)cc3N=C(c3ccc(Cl)cc3)C2)cc1C. The number of hydrogen-bond acceptors (Lipinski definition) is 4. The standard InChI is InChI=1S/C27H26ClN3OS/c1-16-5-10-22(11-17(16)2)29-26(32)15-33-27-14-23(20-6-8-21(28)9-7-20)30-24-12-18(3)19(4)13-25(24)31-27/h5-13H,14-15H2,1-4H3,(H,29,32). The van der Waals surface area contributed by atoms with Gasteiger partial charge in [-0.1, -0.05) is 29.8 Å². The zero-order chi connectivity index (χ0) is 23.5. The quantitative estimate of drug-likeness (QED) is 0.424. The van der Waals surface area contributed by atoms with Crippen LogP contribution in [-0.2, 0) is 4.79 Å². The fourth-order valence-electron chi connectivity index (χ4n) is 3.52. The van der Waals surface area contributed by atoms with E-state index in [-0.39, 0.29) is 11.7 Å². The minimum absolute atomic E-state index is 0.0551. The second-order valence-corrected chi connectivity index (χ2v) is 9.79. The molecule has 1 heterocycles. The number of nitrogens with one attached hydrogen (secondary N) is 1. The molecule has 33 heavy (non-hydrogen) atoms. The van der Waals surface area contributed by atoms with Crippen molar-refractivity contribution < 1.29 is 4.79 Å². The predicted molar refractivity (Wildman–Crippen MR) is 142 cm³/mol. The Morgan fingerprint density at radius 3 is 2.18 bits per heavy atom. The van der Waals surface area contributed by atoms with Gasteiger partial charge in [0.05, 0.1) is 27.9 Å². The number of hydrogen-bond donors (Lipinski definition) is 1. The van der Waals surface area contributed by atoms with Crippen molar-refractivity contribution in [2.45, 2.75) is 34.1 Å². The molecule has 0 saturated heterocycles. The predicted octanol–water partition coefficient (Wildman–Crippen LogP) is 7.50. The third-order valence-electron chi connectivity index (χ3n) is 5.75. The second-order valence-electron chi connectivity index (χ2n) is 8.31. The van der Waals surface area contributed by atoms with Crippen LogP contribution in [0.1, 0.15) is 34.2 Å². The summed E-state index contributed by atoms with van der Waals surface area (Å²) in [6, 6.07) is 17.8. The number of nitrogens with zero attached hydrogens (tertiary/aromatic N) is 2. The van der Waals surface area contributed by atoms with E-state index in [1.807, 2.05) is 49.4 Å². The number of thioether (sulfide) groups is 1. The highest BCUT2D eigenvalue weighted by Gasteiger charge is 2.18. The molecule has 0 saturated carbocycles. The first-order chi connectivity index (χ1) is 15.8. The van der Waals surface area contributed by atoms with Crippen molar-refractivity contribution >= 4 is 57.1 Å². The first-order valence-electron chi connectivity index (χ1n) is 10.8. The number of anilines is 1. The lowest BCUT2D eigenvalue weighted by Crippen LogP contribution is -2.16. The van der Waals surface area contributed by atoms with Crippen molar-refractivity contribution in [3.8, 4) is 0 Å². The minimum atomic E-state index is -0.0551. The third-order valence-corrected chi connectivity index (χ3v) is 6.98. The van der Waals surface area contributed by atoms with Gasteiger partial charge in [-0.3, -0.25) is 9.79 Å². The van der Waals surface area contributed by atoms with E-state index in [1.54, 1.807) is 0 Å². The third kappa shape index (κ3) is 5.73. The monoisotopic (exact) mass is 475 g/mol. The molecule has 4 nitrogen and oxygen atoms in total. The van der Waals surface area contributed by atoms with Gasteiger partial charge in [0.1, 0.15) is 0 Å². The number of carbonyl (C=O) groups excluding carboxylic acids is 1. The molecule has 1 aliphatic heterocycles. The topological polar surface area (TPSA) is 53.8 Å². The minimum Gasteiger partial charge on any atom is -0.325 e. The van der Waals surface area contributed by atoms with Crippen molar-refractivity contribution in [3.63, 3.8) is 0 Å². The summed E-state index contributed by atoms with van der Waals surface area (Å²) in [5, 5.41) is 4.54. The molecule has 3 aromatic carbocycles. The number of benzene rings is 3. The average molecular weight is 476 g/mol. The molecule has 6 heteroatoms. The molecule has 0 atom stereocenters. The van der Waals surface area contributed by atoms with E-state index in [2.05, 4.69) is 38.2 Å². The van der Waals surface area contributed by atoms with Crippen LogP contribution in [0.15, 0.2) is 64.6 Å². The van der Waals surface area contributed by atoms with Gasteiger partial charge in [-0.25, -0.2) is 4.99 Å². The second kappa shape index (κ2) is 9.94. The highest BCUT2D eigenvalue weighted by molar-refractivity contribution is 8.14. The van der Waals surface area contributed by atoms with Gasteiger partial charge >= 0.3 is 0 Å². The van der Waals surface area contributed by atoms with Crippen molar-refractivity contribution in [3.05, 3.63) is 87.4 Å². The summed E-state index contributed by atoms with van der Waals surface area (Å²) >= 11 is 7.54. The maximum Gasteiger partial charge on any atom is 0.234 e. The fourth-order valence-corrected chi connectivity index (χ4v) is 4.42. The molecule has 0 aliphatic carbocycles. The first kappa shape index (κ1) is 23.3. The van der Waals surface area contributed by atoms with E-state index in [0.717, 1.165) is 38.9 Å². The van der Waals surface area contributed by atoms with Crippen LogP contribution in [0.2, 0.25) is 5.02 Å². The fraction of sp³-hybridized carbons (Fsp3) is 0.222. The molecular formula is C27H26ClN3OS. The Morgan fingerprint density at radius 2 is 1.52 bits per heavy atom. The van der Waals surface area contributed by atoms with Crippen LogP contribution in [0.4, 0.5) is 17.1 Å². The van der Waals surface area contributed by atoms with Crippen LogP contribution in [-0.4, -0.2) is 22.4 Å². The Morgan fingerprint density at radius 1 is 0.879 bits per heavy atom. The number of rotatable bonds is 4. The molecule has 0 fully saturated rings. The Labute approximate surface area is 204 Å². The molecule has 1 aliphatic rings. The summed E-state index contributed by atoms with van der Waals surface area (Å²) in [6.07, 6.45) is 0.552. The Bertz CT molecular complexity index is 1280. The van der Waals surface area contributed by atoms with Gasteiger partial charge in [0.25, 0.3) is 0 Å². The van der Waals surface area contributed by atoms with Gasteiger partial charge in [-0.2, -0.15) is 0 Å². The molecule has 0 unspecified atom stereocenters. The molecular weight excluding hydrogens is 450 g/mol. The van der Waals surface area contributed by atoms with Crippen molar-refractivity contribution in [1.82, 2.24) is 0 Å². The number of aliphatic imine (C=N–C) groups is 2. The molecule has 0 aromatic heterocycles. The largest absolute Gasteiger partial charge is 0.325 e. The molecule has 0 radical (unpaired) electrons. The van der Waals surface area contributed by atoms with Crippen molar-refractivity contribution in [2.75, 3.05) is 11.1 Å². The number of amides is 1. The van der Waals surface area contributed by atoms with Gasteiger partial charge < -0.3 is 5.32 Å². The van der Waals surface area contributed by atoms with Crippen LogP contribution in [0.25, 0.3) is 0 Å². The summed E-state index contributed by atoms with van der Waals surface area (Å²) in [7, 11) is 0. The van der Waals surface area contributed by atoms with E-state index in [4.69, 9.17) is 21.6 Å². The van der Waals surface area contributed by atoms with Crippen LogP contribution < -0.4 is 5.32 Å². The number of halogens is 1. The van der Waals surface area contributed by atoms with E-state index in [0.29, 0.717) is 11.4 Å². The maximum atomic E-state index is 12.6. The van der Waals surface area contributed by atoms with E-state index in [1.165, 1.54) is 28.5 Å². The highest BCUT2D eigenvalue weighted by Crippen LogP contribution is 2.36. The smallest absolute Gasteiger partial charge is 0.234 e. The molecule has 4 rings (SSSR count). The molecule has 0 bridgehead atoms. The maximum absolute atomic E-state index is 12.6. The summed E-state index contributed by atoms with van der Waals surface area (Å²) in [6.45, 7) is 8.25. The lowest BCUT2D eigenvalue weighted by Gasteiger charge is -2.09. The Hall–Kier alpha value is -2.89. The van der Waals surface area contributed by atoms with E-state index < -0.39 is 0 Å². The lowest BCUT2D eigenvalue weighted by molar-refractivity contribution is -0.113. The normalized spacial score (nSPS) is 13.0. The Kier molecular flexibility index (Phi) is 7.01. The first-order valence-corrected chi connectivity index (χ1v) is 12.2. The zero-order valence-corrected chi connectivity index (χ0v) is 20.8.